The molecule has 4 rings (SSSR count). The van der Waals surface area contributed by atoms with E-state index < -0.39 is 11.8 Å². The van der Waals surface area contributed by atoms with Crippen molar-refractivity contribution in [2.75, 3.05) is 0 Å². The van der Waals surface area contributed by atoms with Crippen LogP contribution in [-0.2, 0) is 20.9 Å². The van der Waals surface area contributed by atoms with Crippen molar-refractivity contribution in [3.05, 3.63) is 77.3 Å². The van der Waals surface area contributed by atoms with Crippen LogP contribution in [0.15, 0.2) is 71.1 Å². The van der Waals surface area contributed by atoms with Gasteiger partial charge in [-0.25, -0.2) is 0 Å². The molecule has 0 radical (unpaired) electrons. The molecule has 0 bridgehead atoms. The SMILES string of the molecule is CC1=NC2=C(C(=O)CC(C)(C)C2)[C@H](c2ccncc2)C1C(=O)OCc1ccccc1. The molecule has 1 aromatic carbocycles. The van der Waals surface area contributed by atoms with Crippen molar-refractivity contribution in [1.29, 1.82) is 0 Å². The first-order chi connectivity index (χ1) is 14.4. The summed E-state index contributed by atoms with van der Waals surface area (Å²) in [5.74, 6) is -1.31. The molecule has 0 fully saturated rings. The fourth-order valence-corrected chi connectivity index (χ4v) is 4.50. The van der Waals surface area contributed by atoms with Crippen molar-refractivity contribution < 1.29 is 14.3 Å². The lowest BCUT2D eigenvalue weighted by Gasteiger charge is -2.38. The first-order valence-corrected chi connectivity index (χ1v) is 10.3. The Kier molecular flexibility index (Phi) is 5.37. The van der Waals surface area contributed by atoms with Gasteiger partial charge in [-0.2, -0.15) is 0 Å². The van der Waals surface area contributed by atoms with E-state index in [0.717, 1.165) is 23.2 Å². The van der Waals surface area contributed by atoms with E-state index >= 15 is 0 Å². The highest BCUT2D eigenvalue weighted by Crippen LogP contribution is 2.47. The molecule has 0 amide bonds. The zero-order valence-corrected chi connectivity index (χ0v) is 17.6. The summed E-state index contributed by atoms with van der Waals surface area (Å²) in [7, 11) is 0. The van der Waals surface area contributed by atoms with Gasteiger partial charge in [0.15, 0.2) is 5.78 Å². The Hall–Kier alpha value is -3.08. The minimum Gasteiger partial charge on any atom is -0.460 e. The number of benzene rings is 1. The first kappa shape index (κ1) is 20.2. The maximum Gasteiger partial charge on any atom is 0.315 e. The molecule has 2 aliphatic rings. The van der Waals surface area contributed by atoms with Crippen molar-refractivity contribution in [2.24, 2.45) is 16.3 Å². The zero-order valence-electron chi connectivity index (χ0n) is 17.6. The molecule has 1 aliphatic heterocycles. The molecule has 1 unspecified atom stereocenters. The molecular weight excluding hydrogens is 376 g/mol. The lowest BCUT2D eigenvalue weighted by Crippen LogP contribution is -2.39. The second kappa shape index (κ2) is 7.98. The molecule has 154 valence electrons. The standard InChI is InChI=1S/C25H26N2O3/c1-16-21(24(29)30-15-17-7-5-4-6-8-17)22(18-9-11-26-12-10-18)23-19(27-16)13-25(2,3)14-20(23)28/h4-12,21-22H,13-15H2,1-3H3/t21?,22-/m1/s1. The lowest BCUT2D eigenvalue weighted by atomic mass is 9.67. The van der Waals surface area contributed by atoms with Crippen LogP contribution < -0.4 is 0 Å². The number of esters is 1. The number of hydrogen-bond acceptors (Lipinski definition) is 5. The highest BCUT2D eigenvalue weighted by Gasteiger charge is 2.46. The Morgan fingerprint density at radius 1 is 1.10 bits per heavy atom. The normalized spacial score (nSPS) is 22.9. The maximum absolute atomic E-state index is 13.2. The van der Waals surface area contributed by atoms with Gasteiger partial charge < -0.3 is 4.74 Å². The van der Waals surface area contributed by atoms with E-state index in [-0.39, 0.29) is 23.8 Å². The lowest BCUT2D eigenvalue weighted by molar-refractivity contribution is -0.148. The van der Waals surface area contributed by atoms with Crippen LogP contribution >= 0.6 is 0 Å². The fourth-order valence-electron chi connectivity index (χ4n) is 4.50. The van der Waals surface area contributed by atoms with E-state index in [2.05, 4.69) is 18.8 Å². The van der Waals surface area contributed by atoms with Crippen molar-refractivity contribution >= 4 is 17.5 Å². The smallest absolute Gasteiger partial charge is 0.315 e. The van der Waals surface area contributed by atoms with Crippen LogP contribution in [0.2, 0.25) is 0 Å². The van der Waals surface area contributed by atoms with Crippen molar-refractivity contribution in [2.45, 2.75) is 46.1 Å². The number of nitrogens with zero attached hydrogens (tertiary/aromatic N) is 2. The van der Waals surface area contributed by atoms with E-state index in [4.69, 9.17) is 9.73 Å². The Morgan fingerprint density at radius 3 is 2.50 bits per heavy atom. The number of Topliss-reactive ketones (excluding diaryl/α,β-unsaturated/α-hetero) is 1. The second-order valence-corrected chi connectivity index (χ2v) is 8.88. The van der Waals surface area contributed by atoms with E-state index in [9.17, 15) is 9.59 Å². The summed E-state index contributed by atoms with van der Waals surface area (Å²) < 4.78 is 5.68. The Balaban J connectivity index is 1.71. The molecule has 0 saturated carbocycles. The largest absolute Gasteiger partial charge is 0.460 e. The number of hydrogen-bond donors (Lipinski definition) is 0. The van der Waals surface area contributed by atoms with Gasteiger partial charge in [0.2, 0.25) is 0 Å². The van der Waals surface area contributed by atoms with E-state index in [1.54, 1.807) is 12.4 Å². The van der Waals surface area contributed by atoms with E-state index in [1.807, 2.05) is 49.4 Å². The molecule has 5 heteroatoms. The number of carbonyl (C=O) groups is 2. The van der Waals surface area contributed by atoms with E-state index in [0.29, 0.717) is 17.7 Å². The van der Waals surface area contributed by atoms with Gasteiger partial charge in [0, 0.05) is 41.7 Å². The highest BCUT2D eigenvalue weighted by molar-refractivity contribution is 6.09. The summed E-state index contributed by atoms with van der Waals surface area (Å²) in [6.07, 6.45) is 4.56. The number of aromatic nitrogens is 1. The quantitative estimate of drug-likeness (QED) is 0.699. The third-order valence-electron chi connectivity index (χ3n) is 5.85. The molecule has 2 atom stereocenters. The van der Waals surface area contributed by atoms with Crippen LogP contribution in [0, 0.1) is 11.3 Å². The summed E-state index contributed by atoms with van der Waals surface area (Å²) in [6, 6.07) is 13.3. The summed E-state index contributed by atoms with van der Waals surface area (Å²) in [4.78, 5) is 35.3. The van der Waals surface area contributed by atoms with Gasteiger partial charge in [0.05, 0.1) is 0 Å². The van der Waals surface area contributed by atoms with Gasteiger partial charge in [-0.05, 0) is 42.0 Å². The number of carbonyl (C=O) groups excluding carboxylic acids is 2. The molecule has 2 aromatic rings. The molecule has 0 saturated heterocycles. The van der Waals surface area contributed by atoms with Crippen LogP contribution in [0.5, 0.6) is 0 Å². The number of allylic oxidation sites excluding steroid dienone is 2. The number of ether oxygens (including phenoxy) is 1. The number of pyridine rings is 1. The predicted molar refractivity (Wildman–Crippen MR) is 115 cm³/mol. The van der Waals surface area contributed by atoms with Gasteiger partial charge in [-0.1, -0.05) is 44.2 Å². The molecule has 1 aromatic heterocycles. The van der Waals surface area contributed by atoms with Crippen LogP contribution in [0.1, 0.15) is 50.7 Å². The van der Waals surface area contributed by atoms with Crippen LogP contribution in [-0.4, -0.2) is 22.4 Å². The third-order valence-corrected chi connectivity index (χ3v) is 5.85. The van der Waals surface area contributed by atoms with Crippen molar-refractivity contribution in [3.8, 4) is 0 Å². The summed E-state index contributed by atoms with van der Waals surface area (Å²) in [6.45, 7) is 6.22. The molecule has 0 spiro atoms. The van der Waals surface area contributed by atoms with Crippen molar-refractivity contribution in [1.82, 2.24) is 4.98 Å². The minimum absolute atomic E-state index is 0.0696. The monoisotopic (exact) mass is 402 g/mol. The number of rotatable bonds is 4. The van der Waals surface area contributed by atoms with Gasteiger partial charge >= 0.3 is 5.97 Å². The summed E-state index contributed by atoms with van der Waals surface area (Å²) in [5.41, 5.74) is 3.84. The maximum atomic E-state index is 13.2. The zero-order chi connectivity index (χ0) is 21.3. The first-order valence-electron chi connectivity index (χ1n) is 10.3. The van der Waals surface area contributed by atoms with Gasteiger partial charge in [0.1, 0.15) is 12.5 Å². The fraction of sp³-hybridized carbons (Fsp3) is 0.360. The topological polar surface area (TPSA) is 68.6 Å². The average molecular weight is 402 g/mol. The summed E-state index contributed by atoms with van der Waals surface area (Å²) >= 11 is 0. The third kappa shape index (κ3) is 3.97. The minimum atomic E-state index is -0.625. The summed E-state index contributed by atoms with van der Waals surface area (Å²) in [5, 5.41) is 0. The number of ketones is 1. The van der Waals surface area contributed by atoms with Crippen molar-refractivity contribution in [3.63, 3.8) is 0 Å². The predicted octanol–water partition coefficient (Wildman–Crippen LogP) is 4.64. The van der Waals surface area contributed by atoms with Crippen LogP contribution in [0.3, 0.4) is 0 Å². The number of aliphatic imine (C=N–C) groups is 1. The molecule has 2 heterocycles. The second-order valence-electron chi connectivity index (χ2n) is 8.88. The molecule has 5 nitrogen and oxygen atoms in total. The van der Waals surface area contributed by atoms with Crippen LogP contribution in [0.25, 0.3) is 0 Å². The molecular formula is C25H26N2O3. The Morgan fingerprint density at radius 2 is 1.80 bits per heavy atom. The van der Waals surface area contributed by atoms with Crippen LogP contribution in [0.4, 0.5) is 0 Å². The Labute approximate surface area is 176 Å². The van der Waals surface area contributed by atoms with E-state index in [1.165, 1.54) is 0 Å². The molecule has 30 heavy (non-hydrogen) atoms. The molecule has 1 aliphatic carbocycles. The van der Waals surface area contributed by atoms with Gasteiger partial charge in [-0.15, -0.1) is 0 Å². The highest BCUT2D eigenvalue weighted by atomic mass is 16.5. The Bertz CT molecular complexity index is 1020. The van der Waals surface area contributed by atoms with Gasteiger partial charge in [0.25, 0.3) is 0 Å². The molecule has 0 N–H and O–H groups in total. The van der Waals surface area contributed by atoms with Gasteiger partial charge in [-0.3, -0.25) is 19.6 Å². The average Bonchev–Trinajstić information content (AvgIpc) is 2.71.